The second kappa shape index (κ2) is 5.96. The van der Waals surface area contributed by atoms with Gasteiger partial charge in [0.1, 0.15) is 12.4 Å². The Kier molecular flexibility index (Phi) is 4.04. The Morgan fingerprint density at radius 1 is 1.24 bits per heavy atom. The molecule has 0 radical (unpaired) electrons. The Morgan fingerprint density at radius 3 is 2.86 bits per heavy atom. The molecular formula is C16H12Cl2O3. The number of halogens is 2. The minimum atomic E-state index is -0.624. The summed E-state index contributed by atoms with van der Waals surface area (Å²) >= 11 is 11.9. The predicted octanol–water partition coefficient (Wildman–Crippen LogP) is 4.04. The lowest BCUT2D eigenvalue weighted by atomic mass is 10.1. The molecule has 21 heavy (non-hydrogen) atoms. The van der Waals surface area contributed by atoms with Crippen molar-refractivity contribution in [2.75, 3.05) is 0 Å². The van der Waals surface area contributed by atoms with E-state index in [1.54, 1.807) is 24.3 Å². The number of ether oxygens (including phenoxy) is 2. The monoisotopic (exact) mass is 322 g/mol. The van der Waals surface area contributed by atoms with E-state index in [-0.39, 0.29) is 6.61 Å². The van der Waals surface area contributed by atoms with Gasteiger partial charge in [-0.05, 0) is 29.8 Å². The van der Waals surface area contributed by atoms with Gasteiger partial charge in [-0.25, -0.2) is 4.79 Å². The number of hydrogen-bond acceptors (Lipinski definition) is 3. The van der Waals surface area contributed by atoms with Crippen LogP contribution in [0.15, 0.2) is 42.5 Å². The zero-order valence-electron chi connectivity index (χ0n) is 11.0. The summed E-state index contributed by atoms with van der Waals surface area (Å²) < 4.78 is 10.8. The van der Waals surface area contributed by atoms with Gasteiger partial charge in [-0.2, -0.15) is 0 Å². The van der Waals surface area contributed by atoms with Crippen LogP contribution in [0.1, 0.15) is 11.1 Å². The van der Waals surface area contributed by atoms with Gasteiger partial charge in [0.05, 0.1) is 0 Å². The maximum absolute atomic E-state index is 12.1. The summed E-state index contributed by atoms with van der Waals surface area (Å²) in [6.45, 7) is 0.134. The summed E-state index contributed by atoms with van der Waals surface area (Å²) in [5.41, 5.74) is 1.69. The van der Waals surface area contributed by atoms with E-state index in [4.69, 9.17) is 32.7 Å². The van der Waals surface area contributed by atoms with E-state index in [9.17, 15) is 4.79 Å². The average molecular weight is 323 g/mol. The molecule has 108 valence electrons. The summed E-state index contributed by atoms with van der Waals surface area (Å²) in [4.78, 5) is 12.1. The first-order valence-corrected chi connectivity index (χ1v) is 7.24. The molecule has 0 amide bonds. The Labute approximate surface area is 132 Å². The van der Waals surface area contributed by atoms with Gasteiger partial charge < -0.3 is 9.47 Å². The number of carbonyl (C=O) groups is 1. The first-order chi connectivity index (χ1) is 10.1. The lowest BCUT2D eigenvalue weighted by molar-refractivity contribution is -0.152. The van der Waals surface area contributed by atoms with Crippen molar-refractivity contribution in [1.82, 2.24) is 0 Å². The topological polar surface area (TPSA) is 35.5 Å². The number of hydrogen-bond donors (Lipinski definition) is 0. The molecule has 3 nitrogen and oxygen atoms in total. The van der Waals surface area contributed by atoms with Crippen molar-refractivity contribution in [3.63, 3.8) is 0 Å². The highest BCUT2D eigenvalue weighted by molar-refractivity contribution is 6.31. The Morgan fingerprint density at radius 2 is 2.05 bits per heavy atom. The molecule has 1 atom stereocenters. The lowest BCUT2D eigenvalue weighted by Gasteiger charge is -2.11. The molecule has 0 saturated heterocycles. The maximum Gasteiger partial charge on any atom is 0.348 e. The zero-order valence-corrected chi connectivity index (χ0v) is 12.5. The fourth-order valence-electron chi connectivity index (χ4n) is 2.21. The van der Waals surface area contributed by atoms with Gasteiger partial charge in [0.2, 0.25) is 0 Å². The van der Waals surface area contributed by atoms with Crippen LogP contribution < -0.4 is 4.74 Å². The molecule has 0 bridgehead atoms. The Hall–Kier alpha value is -1.71. The Balaban J connectivity index is 1.62. The largest absolute Gasteiger partial charge is 0.478 e. The molecule has 5 heteroatoms. The van der Waals surface area contributed by atoms with Gasteiger partial charge in [-0.3, -0.25) is 0 Å². The lowest BCUT2D eigenvalue weighted by Crippen LogP contribution is -2.27. The molecule has 0 saturated carbocycles. The molecule has 1 aliphatic rings. The van der Waals surface area contributed by atoms with Crippen molar-refractivity contribution < 1.29 is 14.3 Å². The van der Waals surface area contributed by atoms with Crippen LogP contribution >= 0.6 is 23.2 Å². The van der Waals surface area contributed by atoms with Crippen LogP contribution in [0.2, 0.25) is 10.0 Å². The minimum absolute atomic E-state index is 0.134. The highest BCUT2D eigenvalue weighted by Crippen LogP contribution is 2.31. The summed E-state index contributed by atoms with van der Waals surface area (Å²) in [6.07, 6.45) is -0.155. The SMILES string of the molecule is O=C(OCc1ccccc1Cl)[C@H]1Cc2cc(Cl)ccc2O1. The third-order valence-electron chi connectivity index (χ3n) is 3.29. The molecule has 0 unspecified atom stereocenters. The van der Waals surface area contributed by atoms with Gasteiger partial charge in [0.15, 0.2) is 6.10 Å². The zero-order chi connectivity index (χ0) is 14.8. The molecule has 0 aromatic heterocycles. The highest BCUT2D eigenvalue weighted by Gasteiger charge is 2.30. The summed E-state index contributed by atoms with van der Waals surface area (Å²) in [5, 5.41) is 1.20. The van der Waals surface area contributed by atoms with Gasteiger partial charge in [0.25, 0.3) is 0 Å². The van der Waals surface area contributed by atoms with E-state index in [0.717, 1.165) is 11.1 Å². The maximum atomic E-state index is 12.1. The van der Waals surface area contributed by atoms with Crippen molar-refractivity contribution in [2.24, 2.45) is 0 Å². The van der Waals surface area contributed by atoms with Crippen LogP contribution in [0.5, 0.6) is 5.75 Å². The standard InChI is InChI=1S/C16H12Cl2O3/c17-12-5-6-14-11(7-12)8-15(21-14)16(19)20-9-10-3-1-2-4-13(10)18/h1-7,15H,8-9H2/t15-/m1/s1. The molecule has 1 aliphatic heterocycles. The minimum Gasteiger partial charge on any atom is -0.478 e. The van der Waals surface area contributed by atoms with E-state index in [1.807, 2.05) is 18.2 Å². The molecular weight excluding hydrogens is 311 g/mol. The fourth-order valence-corrected chi connectivity index (χ4v) is 2.59. The first-order valence-electron chi connectivity index (χ1n) is 6.48. The van der Waals surface area contributed by atoms with Crippen molar-refractivity contribution in [3.05, 3.63) is 63.6 Å². The molecule has 0 fully saturated rings. The van der Waals surface area contributed by atoms with Crippen molar-refractivity contribution in [3.8, 4) is 5.75 Å². The van der Waals surface area contributed by atoms with Gasteiger partial charge >= 0.3 is 5.97 Å². The molecule has 2 aromatic rings. The van der Waals surface area contributed by atoms with Crippen molar-refractivity contribution in [1.29, 1.82) is 0 Å². The summed E-state index contributed by atoms with van der Waals surface area (Å²) in [6, 6.07) is 12.6. The third kappa shape index (κ3) is 3.14. The van der Waals surface area contributed by atoms with Crippen LogP contribution in [0.4, 0.5) is 0 Å². The highest BCUT2D eigenvalue weighted by atomic mass is 35.5. The van der Waals surface area contributed by atoms with Gasteiger partial charge in [0, 0.05) is 22.0 Å². The third-order valence-corrected chi connectivity index (χ3v) is 3.89. The molecule has 0 aliphatic carbocycles. The summed E-state index contributed by atoms with van der Waals surface area (Å²) in [5.74, 6) is 0.279. The van der Waals surface area contributed by atoms with E-state index in [0.29, 0.717) is 22.2 Å². The van der Waals surface area contributed by atoms with Crippen LogP contribution in [0, 0.1) is 0 Å². The number of rotatable bonds is 3. The predicted molar refractivity (Wildman–Crippen MR) is 80.8 cm³/mol. The molecule has 0 N–H and O–H groups in total. The van der Waals surface area contributed by atoms with Gasteiger partial charge in [-0.15, -0.1) is 0 Å². The number of esters is 1. The van der Waals surface area contributed by atoms with E-state index < -0.39 is 12.1 Å². The molecule has 1 heterocycles. The molecule has 2 aromatic carbocycles. The second-order valence-corrected chi connectivity index (χ2v) is 5.61. The second-order valence-electron chi connectivity index (χ2n) is 4.76. The summed E-state index contributed by atoms with van der Waals surface area (Å²) in [7, 11) is 0. The van der Waals surface area contributed by atoms with E-state index in [1.165, 1.54) is 0 Å². The average Bonchev–Trinajstić information content (AvgIpc) is 2.89. The number of fused-ring (bicyclic) bond motifs is 1. The first kappa shape index (κ1) is 14.2. The Bertz CT molecular complexity index is 685. The normalized spacial score (nSPS) is 16.2. The van der Waals surface area contributed by atoms with Crippen LogP contribution in [0.25, 0.3) is 0 Å². The number of benzene rings is 2. The van der Waals surface area contributed by atoms with E-state index in [2.05, 4.69) is 0 Å². The van der Waals surface area contributed by atoms with E-state index >= 15 is 0 Å². The molecule has 0 spiro atoms. The quantitative estimate of drug-likeness (QED) is 0.800. The fraction of sp³-hybridized carbons (Fsp3) is 0.188. The van der Waals surface area contributed by atoms with Gasteiger partial charge in [-0.1, -0.05) is 41.4 Å². The number of carbonyl (C=O) groups excluding carboxylic acids is 1. The van der Waals surface area contributed by atoms with Crippen molar-refractivity contribution in [2.45, 2.75) is 19.1 Å². The van der Waals surface area contributed by atoms with Crippen LogP contribution in [0.3, 0.4) is 0 Å². The van der Waals surface area contributed by atoms with Crippen LogP contribution in [-0.2, 0) is 22.6 Å². The van der Waals surface area contributed by atoms with Crippen LogP contribution in [-0.4, -0.2) is 12.1 Å². The molecule has 3 rings (SSSR count). The smallest absolute Gasteiger partial charge is 0.348 e. The van der Waals surface area contributed by atoms with Crippen molar-refractivity contribution >= 4 is 29.2 Å².